The maximum atomic E-state index is 11.8. The highest BCUT2D eigenvalue weighted by Crippen LogP contribution is 2.29. The first-order valence-electron chi connectivity index (χ1n) is 7.01. The second kappa shape index (κ2) is 7.78. The molecule has 1 fully saturated rings. The van der Waals surface area contributed by atoms with Gasteiger partial charge in [0.05, 0.1) is 11.7 Å². The summed E-state index contributed by atoms with van der Waals surface area (Å²) in [6.45, 7) is 6.11. The molecule has 4 unspecified atom stereocenters. The third kappa shape index (κ3) is 5.43. The van der Waals surface area contributed by atoms with E-state index in [0.29, 0.717) is 23.3 Å². The molecule has 0 aliphatic heterocycles. The minimum atomic E-state index is -0.803. The molecule has 4 atom stereocenters. The van der Waals surface area contributed by atoms with E-state index in [0.717, 1.165) is 6.42 Å². The Morgan fingerprint density at radius 1 is 1.37 bits per heavy atom. The van der Waals surface area contributed by atoms with Gasteiger partial charge in [-0.3, -0.25) is 9.59 Å². The summed E-state index contributed by atoms with van der Waals surface area (Å²) in [6, 6.07) is 0.286. The molecule has 19 heavy (non-hydrogen) atoms. The van der Waals surface area contributed by atoms with Crippen LogP contribution >= 0.6 is 11.8 Å². The summed E-state index contributed by atoms with van der Waals surface area (Å²) in [7, 11) is 0. The van der Waals surface area contributed by atoms with E-state index in [1.807, 2.05) is 0 Å². The van der Waals surface area contributed by atoms with Gasteiger partial charge in [0.15, 0.2) is 0 Å². The quantitative estimate of drug-likeness (QED) is 0.787. The van der Waals surface area contributed by atoms with Gasteiger partial charge in [0.1, 0.15) is 0 Å². The van der Waals surface area contributed by atoms with Gasteiger partial charge >= 0.3 is 5.97 Å². The fourth-order valence-corrected chi connectivity index (χ4v) is 3.32. The van der Waals surface area contributed by atoms with Crippen LogP contribution in [0.4, 0.5) is 0 Å². The van der Waals surface area contributed by atoms with Crippen molar-refractivity contribution in [2.75, 3.05) is 11.5 Å². The lowest BCUT2D eigenvalue weighted by Crippen LogP contribution is -2.44. The fourth-order valence-electron chi connectivity index (χ4n) is 2.43. The monoisotopic (exact) mass is 287 g/mol. The summed E-state index contributed by atoms with van der Waals surface area (Å²) < 4.78 is 0. The lowest BCUT2D eigenvalue weighted by Gasteiger charge is -2.34. The number of amides is 1. The van der Waals surface area contributed by atoms with Crippen LogP contribution in [0.15, 0.2) is 0 Å². The number of aliphatic carboxylic acids is 1. The van der Waals surface area contributed by atoms with Crippen molar-refractivity contribution in [2.24, 2.45) is 17.8 Å². The molecule has 0 radical (unpaired) electrons. The van der Waals surface area contributed by atoms with E-state index in [9.17, 15) is 9.59 Å². The van der Waals surface area contributed by atoms with Crippen molar-refractivity contribution >= 4 is 23.6 Å². The Morgan fingerprint density at radius 2 is 2.05 bits per heavy atom. The van der Waals surface area contributed by atoms with E-state index in [4.69, 9.17) is 5.11 Å². The summed E-state index contributed by atoms with van der Waals surface area (Å²) in [5.74, 6) is 0.871. The van der Waals surface area contributed by atoms with Crippen molar-refractivity contribution < 1.29 is 14.7 Å². The summed E-state index contributed by atoms with van der Waals surface area (Å²) in [6.07, 6.45) is 3.49. The Balaban J connectivity index is 2.25. The molecule has 0 bridgehead atoms. The molecule has 0 heterocycles. The molecule has 0 aromatic heterocycles. The number of thioether (sulfide) groups is 1. The Morgan fingerprint density at radius 3 is 2.68 bits per heavy atom. The Bertz CT molecular complexity index is 322. The number of carbonyl (C=O) groups excluding carboxylic acids is 1. The molecule has 0 saturated heterocycles. The second-order valence-corrected chi connectivity index (χ2v) is 6.73. The van der Waals surface area contributed by atoms with Crippen LogP contribution in [0.5, 0.6) is 0 Å². The van der Waals surface area contributed by atoms with Crippen molar-refractivity contribution in [1.29, 1.82) is 0 Å². The van der Waals surface area contributed by atoms with Gasteiger partial charge in [0.2, 0.25) is 5.91 Å². The van der Waals surface area contributed by atoms with E-state index < -0.39 is 11.9 Å². The number of hydrogen-bond donors (Lipinski definition) is 2. The van der Waals surface area contributed by atoms with E-state index in [-0.39, 0.29) is 11.9 Å². The highest BCUT2D eigenvalue weighted by molar-refractivity contribution is 7.99. The molecule has 0 aromatic carbocycles. The van der Waals surface area contributed by atoms with Crippen LogP contribution in [0.3, 0.4) is 0 Å². The molecule has 5 heteroatoms. The van der Waals surface area contributed by atoms with E-state index in [1.54, 1.807) is 6.92 Å². The number of carbonyl (C=O) groups is 2. The number of hydrogen-bond acceptors (Lipinski definition) is 3. The number of rotatable bonds is 6. The average molecular weight is 287 g/mol. The smallest absolute Gasteiger partial charge is 0.307 e. The predicted octanol–water partition coefficient (Wildman–Crippen LogP) is 2.38. The van der Waals surface area contributed by atoms with E-state index >= 15 is 0 Å². The van der Waals surface area contributed by atoms with Gasteiger partial charge in [-0.15, -0.1) is 0 Å². The lowest BCUT2D eigenvalue weighted by atomic mass is 9.78. The van der Waals surface area contributed by atoms with Crippen LogP contribution in [0.1, 0.15) is 40.0 Å². The fraction of sp³-hybridized carbons (Fsp3) is 0.857. The molecule has 2 N–H and O–H groups in total. The van der Waals surface area contributed by atoms with E-state index in [2.05, 4.69) is 19.2 Å². The second-order valence-electron chi connectivity index (χ2n) is 5.70. The average Bonchev–Trinajstić information content (AvgIpc) is 2.34. The molecule has 0 spiro atoms. The Labute approximate surface area is 119 Å². The minimum absolute atomic E-state index is 0.0357. The van der Waals surface area contributed by atoms with Crippen LogP contribution in [-0.4, -0.2) is 34.5 Å². The van der Waals surface area contributed by atoms with Gasteiger partial charge in [-0.2, -0.15) is 11.8 Å². The van der Waals surface area contributed by atoms with Gasteiger partial charge in [0, 0.05) is 11.8 Å². The van der Waals surface area contributed by atoms with Gasteiger partial charge < -0.3 is 10.4 Å². The molecule has 0 aromatic rings. The van der Waals surface area contributed by atoms with Crippen LogP contribution in [0.25, 0.3) is 0 Å². The van der Waals surface area contributed by atoms with Crippen LogP contribution < -0.4 is 5.32 Å². The minimum Gasteiger partial charge on any atom is -0.481 e. The molecular formula is C14H25NO3S. The first-order valence-corrected chi connectivity index (χ1v) is 8.17. The van der Waals surface area contributed by atoms with Crippen molar-refractivity contribution in [3.05, 3.63) is 0 Å². The van der Waals surface area contributed by atoms with Crippen molar-refractivity contribution in [2.45, 2.75) is 46.1 Å². The first kappa shape index (κ1) is 16.3. The first-order chi connectivity index (χ1) is 8.91. The molecule has 1 aliphatic rings. The maximum Gasteiger partial charge on any atom is 0.307 e. The summed E-state index contributed by atoms with van der Waals surface area (Å²) in [5, 5.41) is 11.9. The Hall–Kier alpha value is -0.710. The predicted molar refractivity (Wildman–Crippen MR) is 78.2 cm³/mol. The third-order valence-corrected chi connectivity index (χ3v) is 5.28. The maximum absolute atomic E-state index is 11.8. The Kier molecular flexibility index (Phi) is 6.69. The largest absolute Gasteiger partial charge is 0.481 e. The standard InChI is InChI=1S/C14H25NO3S/c1-9-5-4-6-12(11(9)3)15-13(16)8-19-7-10(2)14(17)18/h9-12H,4-8H2,1-3H3,(H,15,16)(H,17,18). The summed E-state index contributed by atoms with van der Waals surface area (Å²) in [5.41, 5.74) is 0. The number of carboxylic acids is 1. The van der Waals surface area contributed by atoms with Crippen molar-refractivity contribution in [3.63, 3.8) is 0 Å². The molecule has 4 nitrogen and oxygen atoms in total. The van der Waals surface area contributed by atoms with Gasteiger partial charge in [-0.05, 0) is 18.3 Å². The van der Waals surface area contributed by atoms with Gasteiger partial charge in [-0.1, -0.05) is 33.6 Å². The van der Waals surface area contributed by atoms with Gasteiger partial charge in [-0.25, -0.2) is 0 Å². The highest BCUT2D eigenvalue weighted by atomic mass is 32.2. The zero-order valence-electron chi connectivity index (χ0n) is 12.0. The van der Waals surface area contributed by atoms with Crippen LogP contribution in [-0.2, 0) is 9.59 Å². The molecule has 1 amide bonds. The zero-order chi connectivity index (χ0) is 14.4. The molecule has 1 aliphatic carbocycles. The lowest BCUT2D eigenvalue weighted by molar-refractivity contribution is -0.140. The molecular weight excluding hydrogens is 262 g/mol. The molecule has 1 saturated carbocycles. The summed E-state index contributed by atoms with van der Waals surface area (Å²) >= 11 is 1.40. The SMILES string of the molecule is CC(CSCC(=O)NC1CCCC(C)C1C)C(=O)O. The topological polar surface area (TPSA) is 66.4 Å². The molecule has 1 rings (SSSR count). The number of nitrogens with one attached hydrogen (secondary N) is 1. The zero-order valence-corrected chi connectivity index (χ0v) is 12.8. The number of carboxylic acid groups (broad SMARTS) is 1. The molecule has 110 valence electrons. The van der Waals surface area contributed by atoms with Crippen LogP contribution in [0.2, 0.25) is 0 Å². The summed E-state index contributed by atoms with van der Waals surface area (Å²) in [4.78, 5) is 22.5. The van der Waals surface area contributed by atoms with Crippen LogP contribution in [0, 0.1) is 17.8 Å². The highest BCUT2D eigenvalue weighted by Gasteiger charge is 2.27. The normalized spacial score (nSPS) is 28.7. The van der Waals surface area contributed by atoms with Gasteiger partial charge in [0.25, 0.3) is 0 Å². The third-order valence-electron chi connectivity index (χ3n) is 4.08. The van der Waals surface area contributed by atoms with E-state index in [1.165, 1.54) is 24.6 Å². The van der Waals surface area contributed by atoms with Crippen molar-refractivity contribution in [1.82, 2.24) is 5.32 Å². The van der Waals surface area contributed by atoms with Crippen molar-refractivity contribution in [3.8, 4) is 0 Å².